The number of carbonyl (C=O) groups is 1. The van der Waals surface area contributed by atoms with Gasteiger partial charge >= 0.3 is 6.18 Å². The van der Waals surface area contributed by atoms with Gasteiger partial charge in [-0.15, -0.1) is 0 Å². The summed E-state index contributed by atoms with van der Waals surface area (Å²) in [5.41, 5.74) is 7.70. The molecule has 1 amide bonds. The van der Waals surface area contributed by atoms with Crippen molar-refractivity contribution < 1.29 is 18.0 Å². The van der Waals surface area contributed by atoms with Gasteiger partial charge in [-0.25, -0.2) is 0 Å². The molecule has 2 fully saturated rings. The fourth-order valence-electron chi connectivity index (χ4n) is 5.17. The summed E-state index contributed by atoms with van der Waals surface area (Å²) in [6.45, 7) is 3.94. The summed E-state index contributed by atoms with van der Waals surface area (Å²) in [4.78, 5) is 12.8. The standard InChI is InChI=1S/C25H30F3N7O/c1-16-9-31-34(12-16)13-17-2-4-18(5-3-17)14-35-15-21(23(33-35)25(26,27)28)24(36)29-10-19-6-7-22-20(8-19)11-30-32-22/h2-5,9,12,15,19-20,22,30,32H,6-8,10-11,13-14H2,1H3,(H,29,36). The van der Waals surface area contributed by atoms with Crippen molar-refractivity contribution in [2.75, 3.05) is 13.1 Å². The molecule has 36 heavy (non-hydrogen) atoms. The van der Waals surface area contributed by atoms with E-state index in [2.05, 4.69) is 26.4 Å². The van der Waals surface area contributed by atoms with Crippen molar-refractivity contribution in [2.24, 2.45) is 11.8 Å². The lowest BCUT2D eigenvalue weighted by Crippen LogP contribution is -2.38. The third-order valence-electron chi connectivity index (χ3n) is 7.04. The third-order valence-corrected chi connectivity index (χ3v) is 7.04. The van der Waals surface area contributed by atoms with Gasteiger partial charge in [0.1, 0.15) is 0 Å². The zero-order valence-electron chi connectivity index (χ0n) is 20.1. The number of carbonyl (C=O) groups excluding carboxylic acids is 1. The molecule has 1 saturated heterocycles. The first-order valence-electron chi connectivity index (χ1n) is 12.2. The highest BCUT2D eigenvalue weighted by molar-refractivity contribution is 5.95. The fourth-order valence-corrected chi connectivity index (χ4v) is 5.17. The zero-order chi connectivity index (χ0) is 25.3. The molecule has 1 aliphatic heterocycles. The van der Waals surface area contributed by atoms with E-state index in [9.17, 15) is 18.0 Å². The van der Waals surface area contributed by atoms with Crippen LogP contribution in [0.3, 0.4) is 0 Å². The normalized spacial score (nSPS) is 21.9. The van der Waals surface area contributed by atoms with Crippen molar-refractivity contribution in [1.82, 2.24) is 35.7 Å². The van der Waals surface area contributed by atoms with Crippen LogP contribution >= 0.6 is 0 Å². The number of fused-ring (bicyclic) bond motifs is 1. The molecular weight excluding hydrogens is 471 g/mol. The van der Waals surface area contributed by atoms with Gasteiger partial charge in [0.05, 0.1) is 24.8 Å². The Morgan fingerprint density at radius 1 is 1.11 bits per heavy atom. The number of alkyl halides is 3. The van der Waals surface area contributed by atoms with Gasteiger partial charge in [0, 0.05) is 31.5 Å². The molecule has 1 aliphatic carbocycles. The van der Waals surface area contributed by atoms with Gasteiger partial charge in [0.2, 0.25) is 0 Å². The average Bonchev–Trinajstić information content (AvgIpc) is 3.58. The smallest absolute Gasteiger partial charge is 0.352 e. The lowest BCUT2D eigenvalue weighted by molar-refractivity contribution is -0.141. The topological polar surface area (TPSA) is 88.8 Å². The molecule has 3 heterocycles. The largest absolute Gasteiger partial charge is 0.435 e. The second-order valence-corrected chi connectivity index (χ2v) is 9.90. The van der Waals surface area contributed by atoms with Crippen LogP contribution < -0.4 is 16.2 Å². The minimum absolute atomic E-state index is 0.128. The number of benzene rings is 1. The highest BCUT2D eigenvalue weighted by atomic mass is 19.4. The molecule has 0 radical (unpaired) electrons. The third kappa shape index (κ3) is 5.62. The van der Waals surface area contributed by atoms with Crippen LogP contribution in [0.15, 0.2) is 42.9 Å². The molecule has 3 N–H and O–H groups in total. The highest BCUT2D eigenvalue weighted by Gasteiger charge is 2.39. The van der Waals surface area contributed by atoms with E-state index in [0.29, 0.717) is 25.0 Å². The molecule has 192 valence electrons. The quantitative estimate of drug-likeness (QED) is 0.463. The number of halogens is 3. The Hall–Kier alpha value is -3.18. The average molecular weight is 502 g/mol. The maximum atomic E-state index is 13.7. The van der Waals surface area contributed by atoms with E-state index in [-0.39, 0.29) is 12.5 Å². The molecule has 3 atom stereocenters. The maximum Gasteiger partial charge on any atom is 0.435 e. The fraction of sp³-hybridized carbons (Fsp3) is 0.480. The van der Waals surface area contributed by atoms with E-state index in [4.69, 9.17) is 0 Å². The van der Waals surface area contributed by atoms with Gasteiger partial charge < -0.3 is 5.32 Å². The van der Waals surface area contributed by atoms with Crippen molar-refractivity contribution >= 4 is 5.91 Å². The number of aryl methyl sites for hydroxylation is 1. The Morgan fingerprint density at radius 2 is 1.83 bits per heavy atom. The van der Waals surface area contributed by atoms with Crippen LogP contribution in [-0.2, 0) is 19.3 Å². The van der Waals surface area contributed by atoms with Gasteiger partial charge in [0.25, 0.3) is 5.91 Å². The summed E-state index contributed by atoms with van der Waals surface area (Å²) < 4.78 is 44.1. The summed E-state index contributed by atoms with van der Waals surface area (Å²) in [7, 11) is 0. The van der Waals surface area contributed by atoms with E-state index < -0.39 is 23.3 Å². The first-order valence-corrected chi connectivity index (χ1v) is 12.2. The number of rotatable bonds is 7. The first-order chi connectivity index (χ1) is 17.2. The monoisotopic (exact) mass is 501 g/mol. The van der Waals surface area contributed by atoms with Crippen LogP contribution in [0.4, 0.5) is 13.2 Å². The van der Waals surface area contributed by atoms with Gasteiger partial charge in [-0.2, -0.15) is 23.4 Å². The molecule has 2 aliphatic rings. The second-order valence-electron chi connectivity index (χ2n) is 9.90. The Morgan fingerprint density at radius 3 is 2.50 bits per heavy atom. The van der Waals surface area contributed by atoms with Crippen molar-refractivity contribution in [3.8, 4) is 0 Å². The Labute approximate surface area is 207 Å². The number of aromatic nitrogens is 4. The van der Waals surface area contributed by atoms with E-state index in [0.717, 1.165) is 42.5 Å². The molecule has 1 saturated carbocycles. The van der Waals surface area contributed by atoms with E-state index >= 15 is 0 Å². The van der Waals surface area contributed by atoms with Crippen LogP contribution in [-0.4, -0.2) is 44.6 Å². The number of nitrogens with one attached hydrogen (secondary N) is 3. The van der Waals surface area contributed by atoms with Crippen LogP contribution in [0.25, 0.3) is 0 Å². The molecule has 11 heteroatoms. The Bertz CT molecular complexity index is 1200. The second kappa shape index (κ2) is 10.1. The van der Waals surface area contributed by atoms with Crippen molar-refractivity contribution in [3.63, 3.8) is 0 Å². The van der Waals surface area contributed by atoms with Gasteiger partial charge in [-0.3, -0.25) is 25.0 Å². The van der Waals surface area contributed by atoms with Gasteiger partial charge in [0.15, 0.2) is 5.69 Å². The van der Waals surface area contributed by atoms with Crippen molar-refractivity contribution in [2.45, 2.75) is 51.5 Å². The minimum atomic E-state index is -4.72. The molecule has 5 rings (SSSR count). The number of amides is 1. The summed E-state index contributed by atoms with van der Waals surface area (Å²) in [5, 5.41) is 10.7. The summed E-state index contributed by atoms with van der Waals surface area (Å²) in [5.74, 6) is 0.0119. The number of hydrogen-bond donors (Lipinski definition) is 3. The summed E-state index contributed by atoms with van der Waals surface area (Å²) >= 11 is 0. The highest BCUT2D eigenvalue weighted by Crippen LogP contribution is 2.32. The minimum Gasteiger partial charge on any atom is -0.352 e. The molecule has 0 spiro atoms. The van der Waals surface area contributed by atoms with Crippen LogP contribution in [0.1, 0.15) is 52.0 Å². The van der Waals surface area contributed by atoms with E-state index in [1.54, 1.807) is 6.20 Å². The molecule has 2 aromatic heterocycles. The maximum absolute atomic E-state index is 13.7. The zero-order valence-corrected chi connectivity index (χ0v) is 20.1. The van der Waals surface area contributed by atoms with Crippen LogP contribution in [0.5, 0.6) is 0 Å². The number of hydrogen-bond acceptors (Lipinski definition) is 5. The van der Waals surface area contributed by atoms with Crippen molar-refractivity contribution in [1.29, 1.82) is 0 Å². The number of hydrazine groups is 1. The Kier molecular flexibility index (Phi) is 6.85. The Balaban J connectivity index is 1.23. The predicted molar refractivity (Wildman–Crippen MR) is 127 cm³/mol. The molecule has 8 nitrogen and oxygen atoms in total. The molecule has 1 aromatic carbocycles. The lowest BCUT2D eigenvalue weighted by atomic mass is 9.79. The van der Waals surface area contributed by atoms with E-state index in [1.165, 1.54) is 10.9 Å². The van der Waals surface area contributed by atoms with Crippen LogP contribution in [0.2, 0.25) is 0 Å². The molecule has 0 bridgehead atoms. The number of nitrogens with zero attached hydrogens (tertiary/aromatic N) is 4. The first kappa shape index (κ1) is 24.5. The van der Waals surface area contributed by atoms with E-state index in [1.807, 2.05) is 42.1 Å². The predicted octanol–water partition coefficient (Wildman–Crippen LogP) is 3.13. The molecular formula is C25H30F3N7O. The molecule has 3 unspecified atom stereocenters. The van der Waals surface area contributed by atoms with Crippen LogP contribution in [0, 0.1) is 18.8 Å². The summed E-state index contributed by atoms with van der Waals surface area (Å²) in [6, 6.07) is 7.97. The van der Waals surface area contributed by atoms with Gasteiger partial charge in [-0.1, -0.05) is 24.3 Å². The van der Waals surface area contributed by atoms with Gasteiger partial charge in [-0.05, 0) is 54.7 Å². The van der Waals surface area contributed by atoms with Crippen molar-refractivity contribution in [3.05, 3.63) is 70.8 Å². The molecule has 3 aromatic rings. The SMILES string of the molecule is Cc1cnn(Cc2ccc(Cn3cc(C(=O)NCC4CCC5NNCC5C4)c(C(F)(F)F)n3)cc2)c1. The summed E-state index contributed by atoms with van der Waals surface area (Å²) in [6.07, 6.45) is 3.06. The lowest BCUT2D eigenvalue weighted by Gasteiger charge is -2.30.